The molecule has 0 saturated heterocycles. The van der Waals surface area contributed by atoms with Crippen molar-refractivity contribution in [3.05, 3.63) is 11.5 Å². The summed E-state index contributed by atoms with van der Waals surface area (Å²) in [5, 5.41) is 18.6. The number of aliphatic hydroxyl groups is 2. The number of hydrogen-bond donors (Lipinski definition) is 2. The van der Waals surface area contributed by atoms with Crippen molar-refractivity contribution in [1.29, 1.82) is 0 Å². The van der Waals surface area contributed by atoms with E-state index >= 15 is 0 Å². The van der Waals surface area contributed by atoms with Crippen molar-refractivity contribution >= 4 is 17.7 Å². The maximum atomic E-state index is 11.8. The van der Waals surface area contributed by atoms with E-state index in [0.29, 0.717) is 6.42 Å². The molecule has 1 aliphatic rings. The maximum absolute atomic E-state index is 11.8. The van der Waals surface area contributed by atoms with Gasteiger partial charge in [0.15, 0.2) is 12.4 Å². The number of esters is 2. The van der Waals surface area contributed by atoms with Gasteiger partial charge in [-0.25, -0.2) is 4.79 Å². The third-order valence-electron chi connectivity index (χ3n) is 5.06. The smallest absolute Gasteiger partial charge is 0.378 e. The molecular formula is C22H36O7. The lowest BCUT2D eigenvalue weighted by atomic mass is 10.0. The topological polar surface area (TPSA) is 110 Å². The Balaban J connectivity index is 1.93. The molecule has 2 N–H and O–H groups in total. The van der Waals surface area contributed by atoms with Crippen LogP contribution in [0.25, 0.3) is 0 Å². The second-order valence-electron chi connectivity index (χ2n) is 7.64. The molecule has 1 heterocycles. The van der Waals surface area contributed by atoms with Crippen molar-refractivity contribution in [1.82, 2.24) is 0 Å². The summed E-state index contributed by atoms with van der Waals surface area (Å²) in [6.07, 6.45) is 14.4. The molecule has 0 aromatic heterocycles. The van der Waals surface area contributed by atoms with Gasteiger partial charge in [0.05, 0.1) is 0 Å². The largest absolute Gasteiger partial charge is 0.505 e. The molecule has 0 saturated carbocycles. The average Bonchev–Trinajstić information content (AvgIpc) is 2.97. The minimum Gasteiger partial charge on any atom is -0.505 e. The normalized spacial score (nSPS) is 16.2. The second kappa shape index (κ2) is 14.9. The Kier molecular flexibility index (Phi) is 12.8. The quantitative estimate of drug-likeness (QED) is 0.260. The highest BCUT2D eigenvalue weighted by atomic mass is 16.6. The number of ether oxygens (including phenoxy) is 2. The fourth-order valence-electron chi connectivity index (χ4n) is 3.25. The van der Waals surface area contributed by atoms with E-state index in [1.54, 1.807) is 0 Å². The highest BCUT2D eigenvalue weighted by Gasteiger charge is 2.39. The Morgan fingerprint density at radius 1 is 0.862 bits per heavy atom. The molecule has 0 spiro atoms. The summed E-state index contributed by atoms with van der Waals surface area (Å²) < 4.78 is 9.36. The van der Waals surface area contributed by atoms with Crippen molar-refractivity contribution < 1.29 is 34.1 Å². The second-order valence-corrected chi connectivity index (χ2v) is 7.64. The van der Waals surface area contributed by atoms with Gasteiger partial charge in [-0.3, -0.25) is 9.59 Å². The van der Waals surface area contributed by atoms with Crippen LogP contribution >= 0.6 is 0 Å². The molecule has 0 aromatic rings. The predicted molar refractivity (Wildman–Crippen MR) is 108 cm³/mol. The molecule has 0 radical (unpaired) electrons. The van der Waals surface area contributed by atoms with Gasteiger partial charge < -0.3 is 19.7 Å². The molecule has 1 atom stereocenters. The molecule has 0 bridgehead atoms. The molecular weight excluding hydrogens is 376 g/mol. The third-order valence-corrected chi connectivity index (χ3v) is 5.06. The first-order valence-corrected chi connectivity index (χ1v) is 11.0. The van der Waals surface area contributed by atoms with Crippen LogP contribution in [0.3, 0.4) is 0 Å². The Bertz CT molecular complexity index is 553. The lowest BCUT2D eigenvalue weighted by Gasteiger charge is -2.09. The lowest BCUT2D eigenvalue weighted by Crippen LogP contribution is -2.28. The van der Waals surface area contributed by atoms with Crippen LogP contribution in [-0.2, 0) is 23.9 Å². The first-order valence-electron chi connectivity index (χ1n) is 11.0. The fourth-order valence-corrected chi connectivity index (χ4v) is 3.25. The average molecular weight is 413 g/mol. The van der Waals surface area contributed by atoms with Crippen LogP contribution in [0.4, 0.5) is 0 Å². The summed E-state index contributed by atoms with van der Waals surface area (Å²) in [6.45, 7) is 1.63. The summed E-state index contributed by atoms with van der Waals surface area (Å²) >= 11 is 0. The molecule has 7 heteroatoms. The van der Waals surface area contributed by atoms with Gasteiger partial charge in [-0.05, 0) is 6.42 Å². The number of rotatable bonds is 17. The minimum atomic E-state index is -1.59. The first-order chi connectivity index (χ1) is 14.0. The zero-order valence-electron chi connectivity index (χ0n) is 17.6. The number of carbonyl (C=O) groups is 3. The van der Waals surface area contributed by atoms with Gasteiger partial charge in [-0.2, -0.15) is 0 Å². The lowest BCUT2D eigenvalue weighted by molar-refractivity contribution is -0.154. The third kappa shape index (κ3) is 10.3. The molecule has 1 rings (SSSR count). The van der Waals surface area contributed by atoms with Gasteiger partial charge >= 0.3 is 11.9 Å². The summed E-state index contributed by atoms with van der Waals surface area (Å²) in [7, 11) is 0. The number of Topliss-reactive ketones (excluding diaryl/α,β-unsaturated/α-hetero) is 1. The van der Waals surface area contributed by atoms with E-state index in [2.05, 4.69) is 11.7 Å². The summed E-state index contributed by atoms with van der Waals surface area (Å²) in [5.74, 6) is -4.29. The van der Waals surface area contributed by atoms with Gasteiger partial charge in [-0.1, -0.05) is 84.0 Å². The summed E-state index contributed by atoms with van der Waals surface area (Å²) in [5.41, 5.74) is 0. The van der Waals surface area contributed by atoms with E-state index in [4.69, 9.17) is 9.84 Å². The van der Waals surface area contributed by atoms with Crippen molar-refractivity contribution in [2.24, 2.45) is 0 Å². The van der Waals surface area contributed by atoms with Crippen molar-refractivity contribution in [3.63, 3.8) is 0 Å². The van der Waals surface area contributed by atoms with Crippen LogP contribution in [0.1, 0.15) is 96.8 Å². The van der Waals surface area contributed by atoms with Crippen molar-refractivity contribution in [3.8, 4) is 0 Å². The van der Waals surface area contributed by atoms with Crippen LogP contribution in [0, 0.1) is 0 Å². The Labute approximate surface area is 173 Å². The molecule has 0 aromatic carbocycles. The SMILES string of the molecule is CCCCCCCCCCCCCCCC(=O)OCC(=O)[C@H]1OC(=O)C(O)=C1O. The molecule has 29 heavy (non-hydrogen) atoms. The van der Waals surface area contributed by atoms with Crippen molar-refractivity contribution in [2.45, 2.75) is 103 Å². The predicted octanol–water partition coefficient (Wildman–Crippen LogP) is 4.83. The summed E-state index contributed by atoms with van der Waals surface area (Å²) in [4.78, 5) is 34.5. The van der Waals surface area contributed by atoms with Crippen LogP contribution < -0.4 is 0 Å². The van der Waals surface area contributed by atoms with E-state index in [1.165, 1.54) is 64.2 Å². The molecule has 0 aliphatic carbocycles. The van der Waals surface area contributed by atoms with Crippen LogP contribution in [-0.4, -0.2) is 40.6 Å². The number of carbonyl (C=O) groups excluding carboxylic acids is 3. The highest BCUT2D eigenvalue weighted by Crippen LogP contribution is 2.19. The molecule has 7 nitrogen and oxygen atoms in total. The van der Waals surface area contributed by atoms with Crippen molar-refractivity contribution in [2.75, 3.05) is 6.61 Å². The number of unbranched alkanes of at least 4 members (excludes halogenated alkanes) is 12. The Hall–Kier alpha value is -2.05. The minimum absolute atomic E-state index is 0.225. The van der Waals surface area contributed by atoms with Crippen LogP contribution in [0.5, 0.6) is 0 Å². The van der Waals surface area contributed by atoms with Crippen LogP contribution in [0.2, 0.25) is 0 Å². The standard InChI is InChI=1S/C22H36O7/c1-2-3-4-5-6-7-8-9-10-11-12-13-14-15-18(24)28-16-17(23)21-19(25)20(26)22(27)29-21/h21,25-26H,2-16H2,1H3/t21-/m1/s1. The number of ketones is 1. The van der Waals surface area contributed by atoms with E-state index < -0.39 is 42.0 Å². The monoisotopic (exact) mass is 412 g/mol. The van der Waals surface area contributed by atoms with Gasteiger partial charge in [0.1, 0.15) is 0 Å². The Morgan fingerprint density at radius 2 is 1.34 bits per heavy atom. The van der Waals surface area contributed by atoms with Gasteiger partial charge in [0.2, 0.25) is 17.6 Å². The van der Waals surface area contributed by atoms with E-state index in [0.717, 1.165) is 12.8 Å². The number of cyclic esters (lactones) is 1. The van der Waals surface area contributed by atoms with Gasteiger partial charge in [0, 0.05) is 6.42 Å². The maximum Gasteiger partial charge on any atom is 0.378 e. The molecule has 166 valence electrons. The Morgan fingerprint density at radius 3 is 1.79 bits per heavy atom. The van der Waals surface area contributed by atoms with Crippen LogP contribution in [0.15, 0.2) is 11.5 Å². The van der Waals surface area contributed by atoms with E-state index in [-0.39, 0.29) is 6.42 Å². The van der Waals surface area contributed by atoms with Gasteiger partial charge in [-0.15, -0.1) is 0 Å². The van der Waals surface area contributed by atoms with Gasteiger partial charge in [0.25, 0.3) is 0 Å². The highest BCUT2D eigenvalue weighted by molar-refractivity contribution is 5.98. The first kappa shape index (κ1) is 25.0. The molecule has 0 fully saturated rings. The van der Waals surface area contributed by atoms with E-state index in [1.807, 2.05) is 0 Å². The molecule has 1 aliphatic heterocycles. The zero-order chi connectivity index (χ0) is 21.5. The molecule has 0 amide bonds. The zero-order valence-corrected chi connectivity index (χ0v) is 17.6. The number of hydrogen-bond acceptors (Lipinski definition) is 7. The molecule has 0 unspecified atom stereocenters. The number of aliphatic hydroxyl groups excluding tert-OH is 2. The summed E-state index contributed by atoms with van der Waals surface area (Å²) in [6, 6.07) is 0. The fraction of sp³-hybridized carbons (Fsp3) is 0.773. The van der Waals surface area contributed by atoms with E-state index in [9.17, 15) is 19.5 Å².